The number of hydrogen-bond acceptors (Lipinski definition) is 4. The Kier molecular flexibility index (Phi) is 9.59. The molecule has 6 heteroatoms. The maximum absolute atomic E-state index is 13.9. The van der Waals surface area contributed by atoms with Crippen molar-refractivity contribution in [1.82, 2.24) is 14.8 Å². The van der Waals surface area contributed by atoms with E-state index >= 15 is 0 Å². The molecule has 206 valence electrons. The molecule has 1 aromatic heterocycles. The zero-order chi connectivity index (χ0) is 27.1. The maximum atomic E-state index is 13.9. The number of carbonyl (C=O) groups is 2. The van der Waals surface area contributed by atoms with Crippen LogP contribution in [0.5, 0.6) is 0 Å². The second kappa shape index (κ2) is 12.9. The smallest absolute Gasteiger partial charge is 0.244 e. The molecule has 4 rings (SSSR count). The number of nitrogens with one attached hydrogen (secondary N) is 1. The molecule has 2 fully saturated rings. The maximum Gasteiger partial charge on any atom is 0.244 e. The molecular formula is C32H46N4O2. The van der Waals surface area contributed by atoms with Crippen molar-refractivity contribution in [2.75, 3.05) is 32.5 Å². The Morgan fingerprint density at radius 3 is 2.47 bits per heavy atom. The lowest BCUT2D eigenvalue weighted by Gasteiger charge is -2.41. The molecule has 0 bridgehead atoms. The number of benzene rings is 1. The highest BCUT2D eigenvalue weighted by atomic mass is 16.2. The van der Waals surface area contributed by atoms with Crippen LogP contribution in [0.1, 0.15) is 75.8 Å². The van der Waals surface area contributed by atoms with Crippen LogP contribution in [0.3, 0.4) is 0 Å². The highest BCUT2D eigenvalue weighted by molar-refractivity contribution is 5.95. The largest absolute Gasteiger partial charge is 0.333 e. The quantitative estimate of drug-likeness (QED) is 0.487. The van der Waals surface area contributed by atoms with Crippen molar-refractivity contribution >= 4 is 17.5 Å². The van der Waals surface area contributed by atoms with Gasteiger partial charge in [-0.05, 0) is 82.2 Å². The summed E-state index contributed by atoms with van der Waals surface area (Å²) in [6.45, 7) is 4.71. The number of rotatable bonds is 7. The topological polar surface area (TPSA) is 65.5 Å². The summed E-state index contributed by atoms with van der Waals surface area (Å²) in [4.78, 5) is 35.4. The van der Waals surface area contributed by atoms with Gasteiger partial charge >= 0.3 is 0 Å². The van der Waals surface area contributed by atoms with Crippen LogP contribution in [-0.2, 0) is 15.1 Å². The summed E-state index contributed by atoms with van der Waals surface area (Å²) in [5.74, 6) is 1.02. The molecule has 3 atom stereocenters. The lowest BCUT2D eigenvalue weighted by atomic mass is 9.73. The number of aromatic nitrogens is 1. The lowest BCUT2D eigenvalue weighted by molar-refractivity contribution is -0.140. The fourth-order valence-electron chi connectivity index (χ4n) is 6.55. The number of nitrogens with zero attached hydrogens (tertiary/aromatic N) is 3. The summed E-state index contributed by atoms with van der Waals surface area (Å²) in [6.07, 6.45) is 13.5. The third-order valence-electron chi connectivity index (χ3n) is 9.25. The summed E-state index contributed by atoms with van der Waals surface area (Å²) >= 11 is 0. The van der Waals surface area contributed by atoms with E-state index in [1.165, 1.54) is 24.8 Å². The van der Waals surface area contributed by atoms with Gasteiger partial charge in [-0.3, -0.25) is 19.5 Å². The van der Waals surface area contributed by atoms with Crippen molar-refractivity contribution in [1.29, 1.82) is 0 Å². The SMILES string of the molecule is Cc1cnccc1NC(=O)CN1CCC[C@](c2ccccc2)(N(C)C)CCCC(CC2CCC2)C(C)C1=O. The van der Waals surface area contributed by atoms with E-state index in [-0.39, 0.29) is 29.8 Å². The average molecular weight is 519 g/mol. The van der Waals surface area contributed by atoms with Gasteiger partial charge in [0.25, 0.3) is 0 Å². The van der Waals surface area contributed by atoms with E-state index in [9.17, 15) is 9.59 Å². The fourth-order valence-corrected chi connectivity index (χ4v) is 6.55. The van der Waals surface area contributed by atoms with Crippen molar-refractivity contribution in [3.05, 3.63) is 59.9 Å². The molecule has 2 unspecified atom stereocenters. The summed E-state index contributed by atoms with van der Waals surface area (Å²) in [7, 11) is 4.38. The molecule has 2 heterocycles. The summed E-state index contributed by atoms with van der Waals surface area (Å²) in [5, 5.41) is 3.01. The van der Waals surface area contributed by atoms with E-state index in [0.717, 1.165) is 55.7 Å². The Balaban J connectivity index is 1.58. The predicted molar refractivity (Wildman–Crippen MR) is 154 cm³/mol. The Morgan fingerprint density at radius 1 is 1.08 bits per heavy atom. The molecule has 38 heavy (non-hydrogen) atoms. The molecular weight excluding hydrogens is 472 g/mol. The van der Waals surface area contributed by atoms with Gasteiger partial charge in [0, 0.05) is 36.1 Å². The van der Waals surface area contributed by atoms with Gasteiger partial charge in [-0.15, -0.1) is 0 Å². The lowest BCUT2D eigenvalue weighted by Crippen LogP contribution is -2.44. The minimum absolute atomic E-state index is 0.0744. The van der Waals surface area contributed by atoms with Crippen LogP contribution < -0.4 is 5.32 Å². The van der Waals surface area contributed by atoms with Gasteiger partial charge in [0.05, 0.1) is 6.54 Å². The Hall–Kier alpha value is -2.73. The number of anilines is 1. The van der Waals surface area contributed by atoms with Crippen LogP contribution in [-0.4, -0.2) is 53.8 Å². The van der Waals surface area contributed by atoms with Crippen molar-refractivity contribution in [2.24, 2.45) is 17.8 Å². The van der Waals surface area contributed by atoms with Crippen molar-refractivity contribution in [3.8, 4) is 0 Å². The van der Waals surface area contributed by atoms with E-state index in [1.807, 2.05) is 17.9 Å². The predicted octanol–water partition coefficient (Wildman–Crippen LogP) is 6.02. The minimum Gasteiger partial charge on any atom is -0.333 e. The molecule has 1 saturated heterocycles. The van der Waals surface area contributed by atoms with E-state index in [2.05, 4.69) is 66.6 Å². The van der Waals surface area contributed by atoms with Gasteiger partial charge in [-0.1, -0.05) is 62.9 Å². The van der Waals surface area contributed by atoms with Crippen LogP contribution in [0.15, 0.2) is 48.8 Å². The van der Waals surface area contributed by atoms with Crippen molar-refractivity contribution in [3.63, 3.8) is 0 Å². The number of amides is 2. The number of pyridine rings is 1. The van der Waals surface area contributed by atoms with Gasteiger partial charge in [0.15, 0.2) is 0 Å². The summed E-state index contributed by atoms with van der Waals surface area (Å²) in [5.41, 5.74) is 2.93. The molecule has 2 aliphatic rings. The van der Waals surface area contributed by atoms with Gasteiger partial charge in [-0.2, -0.15) is 0 Å². The molecule has 0 spiro atoms. The highest BCUT2D eigenvalue weighted by Crippen LogP contribution is 2.41. The third-order valence-corrected chi connectivity index (χ3v) is 9.25. The van der Waals surface area contributed by atoms with Gasteiger partial charge in [-0.25, -0.2) is 0 Å². The Labute approximate surface area is 229 Å². The van der Waals surface area contributed by atoms with E-state index in [4.69, 9.17) is 0 Å². The monoisotopic (exact) mass is 518 g/mol. The highest BCUT2D eigenvalue weighted by Gasteiger charge is 2.37. The molecule has 0 radical (unpaired) electrons. The van der Waals surface area contributed by atoms with Crippen LogP contribution in [0, 0.1) is 24.7 Å². The standard InChI is InChI=1S/C32H46N4O2/c1-24-22-33-19-16-29(24)34-30(37)23-36-20-10-18-32(35(3)4,28-14-6-5-7-15-28)17-9-13-27(25(2)31(36)38)21-26-11-8-12-26/h5-7,14-16,19,22,25-27H,8-13,17-18,20-21,23H2,1-4H3,(H,33,34,37)/t25?,27?,32-/m1/s1. The molecule has 1 saturated carbocycles. The van der Waals surface area contributed by atoms with Crippen LogP contribution in [0.25, 0.3) is 0 Å². The molecule has 2 aromatic rings. The van der Waals surface area contributed by atoms with E-state index in [0.29, 0.717) is 12.5 Å². The molecule has 1 aromatic carbocycles. The Bertz CT molecular complexity index is 1070. The van der Waals surface area contributed by atoms with E-state index in [1.54, 1.807) is 12.4 Å². The second-order valence-electron chi connectivity index (χ2n) is 11.9. The number of carbonyl (C=O) groups excluding carboxylic acids is 2. The molecule has 2 amide bonds. The normalized spacial score (nSPS) is 25.5. The average Bonchev–Trinajstić information content (AvgIpc) is 2.90. The van der Waals surface area contributed by atoms with Crippen molar-refractivity contribution < 1.29 is 9.59 Å². The molecule has 6 nitrogen and oxygen atoms in total. The fraction of sp³-hybridized carbons (Fsp3) is 0.594. The molecule has 1 N–H and O–H groups in total. The number of hydrogen-bond donors (Lipinski definition) is 1. The summed E-state index contributed by atoms with van der Waals surface area (Å²) < 4.78 is 0. The zero-order valence-electron chi connectivity index (χ0n) is 23.8. The van der Waals surface area contributed by atoms with Gasteiger partial charge in [0.1, 0.15) is 0 Å². The first kappa shape index (κ1) is 28.3. The first-order valence-corrected chi connectivity index (χ1v) is 14.5. The summed E-state index contributed by atoms with van der Waals surface area (Å²) in [6, 6.07) is 12.7. The first-order chi connectivity index (χ1) is 18.3. The molecule has 1 aliphatic carbocycles. The Morgan fingerprint density at radius 2 is 1.82 bits per heavy atom. The van der Waals surface area contributed by atoms with Crippen LogP contribution in [0.4, 0.5) is 5.69 Å². The molecule has 1 aliphatic heterocycles. The number of aryl methyl sites for hydroxylation is 1. The second-order valence-corrected chi connectivity index (χ2v) is 11.9. The third kappa shape index (κ3) is 6.63. The van der Waals surface area contributed by atoms with Crippen LogP contribution in [0.2, 0.25) is 0 Å². The van der Waals surface area contributed by atoms with Crippen molar-refractivity contribution in [2.45, 2.75) is 77.2 Å². The zero-order valence-corrected chi connectivity index (χ0v) is 23.8. The minimum atomic E-state index is -0.146. The van der Waals surface area contributed by atoms with Gasteiger partial charge < -0.3 is 10.2 Å². The van der Waals surface area contributed by atoms with Gasteiger partial charge in [0.2, 0.25) is 11.8 Å². The first-order valence-electron chi connectivity index (χ1n) is 14.5. The van der Waals surface area contributed by atoms with Crippen LogP contribution >= 0.6 is 0 Å². The van der Waals surface area contributed by atoms with E-state index < -0.39 is 0 Å².